The van der Waals surface area contributed by atoms with E-state index < -0.39 is 6.04 Å². The number of amides is 3. The minimum Gasteiger partial charge on any atom is -0.382 e. The minimum atomic E-state index is -0.597. The highest BCUT2D eigenvalue weighted by Crippen LogP contribution is 2.36. The van der Waals surface area contributed by atoms with Crippen LogP contribution in [0.25, 0.3) is 27.5 Å². The molecule has 0 bridgehead atoms. The zero-order chi connectivity index (χ0) is 37.3. The van der Waals surface area contributed by atoms with Crippen molar-refractivity contribution in [3.8, 4) is 28.0 Å². The standard InChI is InChI=1S/C39H41N11O3S/c1-24(2)43-31-19-32(33-10-9-27-18-25(20-40)21-42-50(27)33)41-22-29(31)37-45-46-39(54-37)48-16-14-47(15-17-48)13-4-3-6-26-7-5-8-28-30(26)23-49(38(28)53)34-11-12-35(51)44-36(34)52/h5,7-10,18-19,21-22,24,34H,3-4,6,11-17,23H2,1-2H3,(H,41,43)(H,44,51,52). The molecule has 54 heavy (non-hydrogen) atoms. The third-order valence-electron chi connectivity index (χ3n) is 10.4. The van der Waals surface area contributed by atoms with E-state index in [1.807, 2.05) is 42.6 Å². The molecule has 1 unspecified atom stereocenters. The van der Waals surface area contributed by atoms with Crippen LogP contribution in [-0.4, -0.2) is 97.1 Å². The largest absolute Gasteiger partial charge is 0.382 e. The third-order valence-corrected chi connectivity index (χ3v) is 11.4. The van der Waals surface area contributed by atoms with Gasteiger partial charge in [0.1, 0.15) is 12.1 Å². The average molecular weight is 744 g/mol. The number of hydrogen-bond donors (Lipinski definition) is 2. The molecule has 1 aromatic carbocycles. The van der Waals surface area contributed by atoms with E-state index in [9.17, 15) is 19.6 Å². The van der Waals surface area contributed by atoms with Gasteiger partial charge in [-0.25, -0.2) is 4.52 Å². The summed E-state index contributed by atoms with van der Waals surface area (Å²) >= 11 is 1.58. The molecule has 276 valence electrons. The van der Waals surface area contributed by atoms with E-state index >= 15 is 0 Å². The Bertz CT molecular complexity index is 2280. The highest BCUT2D eigenvalue weighted by Gasteiger charge is 2.39. The average Bonchev–Trinajstić information content (AvgIpc) is 3.91. The maximum Gasteiger partial charge on any atom is 0.255 e. The Morgan fingerprint density at radius 3 is 2.67 bits per heavy atom. The van der Waals surface area contributed by atoms with E-state index in [0.29, 0.717) is 24.1 Å². The predicted octanol–water partition coefficient (Wildman–Crippen LogP) is 4.51. The Hall–Kier alpha value is -5.72. The second-order valence-electron chi connectivity index (χ2n) is 14.3. The summed E-state index contributed by atoms with van der Waals surface area (Å²) < 4.78 is 1.79. The van der Waals surface area contributed by atoms with Gasteiger partial charge in [0.05, 0.1) is 34.2 Å². The Balaban J connectivity index is 0.856. The smallest absolute Gasteiger partial charge is 0.255 e. The fraction of sp³-hybridized carbons (Fsp3) is 0.385. The summed E-state index contributed by atoms with van der Waals surface area (Å²) in [6.07, 6.45) is 6.95. The fourth-order valence-electron chi connectivity index (χ4n) is 7.60. The van der Waals surface area contributed by atoms with Crippen molar-refractivity contribution in [3.63, 3.8) is 0 Å². The number of nitrogens with zero attached hydrogens (tertiary/aromatic N) is 9. The van der Waals surface area contributed by atoms with Crippen molar-refractivity contribution in [3.05, 3.63) is 77.1 Å². The number of fused-ring (bicyclic) bond motifs is 2. The molecule has 2 saturated heterocycles. The van der Waals surface area contributed by atoms with Gasteiger partial charge in [-0.2, -0.15) is 10.4 Å². The van der Waals surface area contributed by atoms with Crippen molar-refractivity contribution in [1.29, 1.82) is 5.26 Å². The Labute approximate surface area is 316 Å². The van der Waals surface area contributed by atoms with E-state index in [1.54, 1.807) is 26.9 Å². The lowest BCUT2D eigenvalue weighted by molar-refractivity contribution is -0.136. The summed E-state index contributed by atoms with van der Waals surface area (Å²) in [5.74, 6) is -0.781. The number of aromatic nitrogens is 5. The first kappa shape index (κ1) is 35.3. The number of piperidine rings is 1. The van der Waals surface area contributed by atoms with Crippen molar-refractivity contribution >= 4 is 45.4 Å². The third kappa shape index (κ3) is 7.02. The van der Waals surface area contributed by atoms with Crippen LogP contribution in [0.5, 0.6) is 0 Å². The molecule has 0 saturated carbocycles. The van der Waals surface area contributed by atoms with Gasteiger partial charge in [-0.3, -0.25) is 29.6 Å². The van der Waals surface area contributed by atoms with Gasteiger partial charge in [0.25, 0.3) is 5.91 Å². The fourth-order valence-corrected chi connectivity index (χ4v) is 8.52. The van der Waals surface area contributed by atoms with Gasteiger partial charge in [0.15, 0.2) is 5.01 Å². The number of imide groups is 1. The Morgan fingerprint density at radius 1 is 1.02 bits per heavy atom. The van der Waals surface area contributed by atoms with Crippen molar-refractivity contribution < 1.29 is 14.4 Å². The van der Waals surface area contributed by atoms with Crippen LogP contribution in [-0.2, 0) is 22.6 Å². The van der Waals surface area contributed by atoms with E-state index in [2.05, 4.69) is 61.7 Å². The van der Waals surface area contributed by atoms with Crippen molar-refractivity contribution in [2.24, 2.45) is 0 Å². The van der Waals surface area contributed by atoms with Crippen LogP contribution in [0.3, 0.4) is 0 Å². The van der Waals surface area contributed by atoms with Gasteiger partial charge in [-0.1, -0.05) is 23.5 Å². The lowest BCUT2D eigenvalue weighted by Gasteiger charge is -2.34. The first-order valence-corrected chi connectivity index (χ1v) is 19.3. The van der Waals surface area contributed by atoms with Crippen LogP contribution in [0.4, 0.5) is 10.8 Å². The van der Waals surface area contributed by atoms with Gasteiger partial charge in [-0.05, 0) is 87.5 Å². The van der Waals surface area contributed by atoms with Crippen LogP contribution in [0.15, 0.2) is 54.9 Å². The SMILES string of the molecule is CC(C)Nc1cc(-c2ccc3cc(C#N)cnn23)ncc1-c1nnc(N2CCN(CCCCc3cccc4c3CN(C3CCC(=O)NC3=O)C4=O)CC2)s1. The molecular weight excluding hydrogens is 703 g/mol. The number of carbonyl (C=O) groups is 3. The number of piperazine rings is 1. The summed E-state index contributed by atoms with van der Waals surface area (Å²) in [4.78, 5) is 48.5. The maximum atomic E-state index is 13.2. The van der Waals surface area contributed by atoms with E-state index in [-0.39, 0.29) is 30.2 Å². The maximum absolute atomic E-state index is 13.2. The first-order chi connectivity index (χ1) is 26.2. The number of aryl methyl sites for hydroxylation is 1. The van der Waals surface area contributed by atoms with Crippen LogP contribution in [0.2, 0.25) is 0 Å². The topological polar surface area (TPSA) is 165 Å². The molecule has 14 nitrogen and oxygen atoms in total. The van der Waals surface area contributed by atoms with E-state index in [4.69, 9.17) is 4.98 Å². The Morgan fingerprint density at radius 2 is 1.87 bits per heavy atom. The number of unbranched alkanes of at least 4 members (excludes halogenated alkanes) is 1. The molecule has 2 fully saturated rings. The van der Waals surface area contributed by atoms with Gasteiger partial charge < -0.3 is 15.1 Å². The number of nitrogens with one attached hydrogen (secondary N) is 2. The molecular formula is C39H41N11O3S. The highest BCUT2D eigenvalue weighted by atomic mass is 32.1. The monoisotopic (exact) mass is 743 g/mol. The normalized spacial score (nSPS) is 17.7. The number of anilines is 2. The molecule has 1 atom stereocenters. The molecule has 0 radical (unpaired) electrons. The molecule has 4 aromatic heterocycles. The second kappa shape index (κ2) is 15.0. The molecule has 8 rings (SSSR count). The molecule has 15 heteroatoms. The predicted molar refractivity (Wildman–Crippen MR) is 205 cm³/mol. The summed E-state index contributed by atoms with van der Waals surface area (Å²) in [6.45, 7) is 9.23. The number of nitriles is 1. The number of pyridine rings is 1. The zero-order valence-corrected chi connectivity index (χ0v) is 31.1. The Kier molecular flexibility index (Phi) is 9.78. The molecule has 0 aliphatic carbocycles. The molecule has 2 N–H and O–H groups in total. The molecule has 5 aromatic rings. The summed E-state index contributed by atoms with van der Waals surface area (Å²) in [5.41, 5.74) is 7.61. The summed E-state index contributed by atoms with van der Waals surface area (Å²) in [7, 11) is 0. The zero-order valence-electron chi connectivity index (χ0n) is 30.3. The van der Waals surface area contributed by atoms with Crippen LogP contribution in [0, 0.1) is 11.3 Å². The van der Waals surface area contributed by atoms with Crippen molar-refractivity contribution in [2.45, 2.75) is 64.6 Å². The minimum absolute atomic E-state index is 0.124. The first-order valence-electron chi connectivity index (χ1n) is 18.5. The molecule has 3 amide bonds. The summed E-state index contributed by atoms with van der Waals surface area (Å²) in [5, 5.41) is 30.6. The van der Waals surface area contributed by atoms with Gasteiger partial charge in [-0.15, -0.1) is 10.2 Å². The lowest BCUT2D eigenvalue weighted by atomic mass is 9.98. The summed E-state index contributed by atoms with van der Waals surface area (Å²) in [6, 6.07) is 15.3. The van der Waals surface area contributed by atoms with E-state index in [0.717, 1.165) is 101 Å². The highest BCUT2D eigenvalue weighted by molar-refractivity contribution is 7.18. The lowest BCUT2D eigenvalue weighted by Crippen LogP contribution is -2.52. The second-order valence-corrected chi connectivity index (χ2v) is 15.3. The number of rotatable bonds is 11. The van der Waals surface area contributed by atoms with Gasteiger partial charge >= 0.3 is 0 Å². The molecule has 3 aliphatic rings. The van der Waals surface area contributed by atoms with Crippen molar-refractivity contribution in [1.82, 2.24) is 39.9 Å². The van der Waals surface area contributed by atoms with Gasteiger partial charge in [0.2, 0.25) is 16.9 Å². The van der Waals surface area contributed by atoms with Crippen LogP contribution in [0.1, 0.15) is 66.6 Å². The molecule has 0 spiro atoms. The number of carbonyl (C=O) groups excluding carboxylic acids is 3. The van der Waals surface area contributed by atoms with Gasteiger partial charge in [0, 0.05) is 62.6 Å². The van der Waals surface area contributed by atoms with Crippen LogP contribution >= 0.6 is 11.3 Å². The molecule has 7 heterocycles. The number of hydrogen-bond acceptors (Lipinski definition) is 12. The van der Waals surface area contributed by atoms with Crippen LogP contribution < -0.4 is 15.5 Å². The van der Waals surface area contributed by atoms with Crippen molar-refractivity contribution in [2.75, 3.05) is 42.9 Å². The molecule has 3 aliphatic heterocycles. The van der Waals surface area contributed by atoms with E-state index in [1.165, 1.54) is 0 Å². The number of benzene rings is 1. The quantitative estimate of drug-likeness (QED) is 0.145.